The molecular formula is C21H29NO3. The standard InChI is InChI=1S/C21H27NO2.H2O/c1-20-9-6-16-15-5-3-14(22)12-13(15)2-4-17(16)18(20)7-10-21(20)11-8-19(23)24-21;/h8,11-12,15-18,22H,2-7,9-10H2,1H3;1H2/t15-,16?,17?,18?,20-,21+;/m0./s1. The molecule has 3 saturated carbocycles. The first kappa shape index (κ1) is 17.0. The zero-order chi connectivity index (χ0) is 16.5. The monoisotopic (exact) mass is 343 g/mol. The SMILES string of the molecule is C[C@]12CCC3C(CCC4=CC(=N)CC[C@@H]43)C1CC[C@@]21C=CC(=O)O1.O. The smallest absolute Gasteiger partial charge is 0.331 e. The molecule has 136 valence electrons. The maximum absolute atomic E-state index is 11.8. The lowest BCUT2D eigenvalue weighted by Crippen LogP contribution is -2.52. The van der Waals surface area contributed by atoms with Crippen LogP contribution < -0.4 is 0 Å². The number of nitrogens with one attached hydrogen (secondary N) is 1. The quantitative estimate of drug-likeness (QED) is 0.682. The van der Waals surface area contributed by atoms with Gasteiger partial charge in [-0.2, -0.15) is 0 Å². The highest BCUT2D eigenvalue weighted by Gasteiger charge is 2.64. The Kier molecular flexibility index (Phi) is 3.77. The predicted molar refractivity (Wildman–Crippen MR) is 96.4 cm³/mol. The Labute approximate surface area is 149 Å². The average Bonchev–Trinajstić information content (AvgIpc) is 3.08. The lowest BCUT2D eigenvalue weighted by atomic mass is 9.50. The van der Waals surface area contributed by atoms with Gasteiger partial charge in [-0.25, -0.2) is 4.79 Å². The number of ether oxygens (including phenoxy) is 1. The van der Waals surface area contributed by atoms with Crippen molar-refractivity contribution in [3.8, 4) is 0 Å². The molecule has 4 nitrogen and oxygen atoms in total. The van der Waals surface area contributed by atoms with Crippen LogP contribution in [-0.4, -0.2) is 22.8 Å². The van der Waals surface area contributed by atoms with E-state index in [1.54, 1.807) is 11.6 Å². The molecule has 0 amide bonds. The van der Waals surface area contributed by atoms with Gasteiger partial charge in [0.2, 0.25) is 0 Å². The van der Waals surface area contributed by atoms with E-state index < -0.39 is 0 Å². The molecule has 0 bridgehead atoms. The molecule has 5 aliphatic rings. The normalized spacial score (nSPS) is 47.5. The molecule has 1 heterocycles. The summed E-state index contributed by atoms with van der Waals surface area (Å²) in [6.45, 7) is 2.39. The van der Waals surface area contributed by atoms with Gasteiger partial charge in [0, 0.05) is 17.2 Å². The highest BCUT2D eigenvalue weighted by atomic mass is 16.6. The minimum Gasteiger partial charge on any atom is -0.451 e. The van der Waals surface area contributed by atoms with E-state index in [0.717, 1.165) is 36.3 Å². The minimum atomic E-state index is -0.315. The Bertz CT molecular complexity index is 681. The summed E-state index contributed by atoms with van der Waals surface area (Å²) in [5.41, 5.74) is 2.21. The summed E-state index contributed by atoms with van der Waals surface area (Å²) < 4.78 is 5.89. The van der Waals surface area contributed by atoms with Crippen LogP contribution in [0.25, 0.3) is 0 Å². The third-order valence-electron chi connectivity index (χ3n) is 8.29. The maximum atomic E-state index is 11.8. The molecule has 5 rings (SSSR count). The van der Waals surface area contributed by atoms with Crippen LogP contribution in [0, 0.1) is 34.5 Å². The molecule has 0 aromatic carbocycles. The fourth-order valence-corrected chi connectivity index (χ4v) is 7.14. The van der Waals surface area contributed by atoms with Crippen molar-refractivity contribution >= 4 is 11.7 Å². The van der Waals surface area contributed by atoms with Crippen LogP contribution in [0.5, 0.6) is 0 Å². The maximum Gasteiger partial charge on any atom is 0.331 e. The van der Waals surface area contributed by atoms with E-state index >= 15 is 0 Å². The van der Waals surface area contributed by atoms with Crippen molar-refractivity contribution in [2.45, 2.75) is 63.9 Å². The third-order valence-corrected chi connectivity index (χ3v) is 8.29. The predicted octanol–water partition coefficient (Wildman–Crippen LogP) is 3.61. The van der Waals surface area contributed by atoms with Gasteiger partial charge in [-0.15, -0.1) is 0 Å². The van der Waals surface area contributed by atoms with Crippen molar-refractivity contribution in [1.82, 2.24) is 0 Å². The van der Waals surface area contributed by atoms with Gasteiger partial charge >= 0.3 is 5.97 Å². The number of hydrogen-bond acceptors (Lipinski definition) is 3. The Hall–Kier alpha value is -1.42. The molecule has 0 saturated heterocycles. The Morgan fingerprint density at radius 2 is 1.96 bits per heavy atom. The van der Waals surface area contributed by atoms with Gasteiger partial charge in [-0.05, 0) is 87.2 Å². The van der Waals surface area contributed by atoms with Crippen LogP contribution in [0.1, 0.15) is 58.3 Å². The summed E-state index contributed by atoms with van der Waals surface area (Å²) in [7, 11) is 0. The van der Waals surface area contributed by atoms with Gasteiger partial charge in [-0.3, -0.25) is 0 Å². The second-order valence-corrected chi connectivity index (χ2v) is 9.00. The van der Waals surface area contributed by atoms with E-state index in [2.05, 4.69) is 19.1 Å². The first-order valence-electron chi connectivity index (χ1n) is 9.72. The van der Waals surface area contributed by atoms with Gasteiger partial charge in [-0.1, -0.05) is 12.5 Å². The molecule has 0 aromatic heterocycles. The first-order chi connectivity index (χ1) is 11.5. The van der Waals surface area contributed by atoms with Crippen LogP contribution in [0.15, 0.2) is 23.8 Å². The second-order valence-electron chi connectivity index (χ2n) is 9.00. The van der Waals surface area contributed by atoms with Crippen LogP contribution >= 0.6 is 0 Å². The number of carbonyl (C=O) groups is 1. The van der Waals surface area contributed by atoms with E-state index in [1.165, 1.54) is 38.5 Å². The van der Waals surface area contributed by atoms with Crippen molar-refractivity contribution in [2.24, 2.45) is 29.1 Å². The molecule has 1 spiro atoms. The van der Waals surface area contributed by atoms with Gasteiger partial charge < -0.3 is 15.6 Å². The van der Waals surface area contributed by atoms with Crippen LogP contribution in [-0.2, 0) is 9.53 Å². The summed E-state index contributed by atoms with van der Waals surface area (Å²) in [6, 6.07) is 0. The van der Waals surface area contributed by atoms with E-state index in [-0.39, 0.29) is 22.5 Å². The van der Waals surface area contributed by atoms with Crippen LogP contribution in [0.4, 0.5) is 0 Å². The highest BCUT2D eigenvalue weighted by molar-refractivity contribution is 5.93. The van der Waals surface area contributed by atoms with Gasteiger partial charge in [0.05, 0.1) is 0 Å². The number of carbonyl (C=O) groups excluding carboxylic acids is 1. The lowest BCUT2D eigenvalue weighted by Gasteiger charge is -2.55. The van der Waals surface area contributed by atoms with Crippen molar-refractivity contribution in [2.75, 3.05) is 0 Å². The topological polar surface area (TPSA) is 81.7 Å². The van der Waals surface area contributed by atoms with Crippen LogP contribution in [0.2, 0.25) is 0 Å². The van der Waals surface area contributed by atoms with E-state index in [9.17, 15) is 4.79 Å². The molecule has 6 atom stereocenters. The van der Waals surface area contributed by atoms with E-state index in [4.69, 9.17) is 10.1 Å². The molecular weight excluding hydrogens is 314 g/mol. The first-order valence-corrected chi connectivity index (χ1v) is 9.72. The van der Waals surface area contributed by atoms with Gasteiger partial charge in [0.1, 0.15) is 5.60 Å². The molecule has 3 unspecified atom stereocenters. The molecule has 4 heteroatoms. The highest BCUT2D eigenvalue weighted by Crippen LogP contribution is 2.66. The fourth-order valence-electron chi connectivity index (χ4n) is 7.14. The Morgan fingerprint density at radius 3 is 2.72 bits per heavy atom. The number of rotatable bonds is 0. The number of fused-ring (bicyclic) bond motifs is 6. The molecule has 0 aromatic rings. The molecule has 3 N–H and O–H groups in total. The van der Waals surface area contributed by atoms with Crippen molar-refractivity contribution in [3.05, 3.63) is 23.8 Å². The van der Waals surface area contributed by atoms with Gasteiger partial charge in [0.25, 0.3) is 0 Å². The molecule has 4 aliphatic carbocycles. The van der Waals surface area contributed by atoms with Crippen molar-refractivity contribution in [3.63, 3.8) is 0 Å². The van der Waals surface area contributed by atoms with Crippen LogP contribution in [0.3, 0.4) is 0 Å². The van der Waals surface area contributed by atoms with Gasteiger partial charge in [0.15, 0.2) is 0 Å². The summed E-state index contributed by atoms with van der Waals surface area (Å²) in [5, 5.41) is 7.99. The number of allylic oxidation sites excluding steroid dienone is 2. The summed E-state index contributed by atoms with van der Waals surface area (Å²) >= 11 is 0. The molecule has 0 radical (unpaired) electrons. The number of esters is 1. The third kappa shape index (κ3) is 2.16. The summed E-state index contributed by atoms with van der Waals surface area (Å²) in [6.07, 6.45) is 15.2. The van der Waals surface area contributed by atoms with E-state index in [0.29, 0.717) is 5.92 Å². The van der Waals surface area contributed by atoms with E-state index in [1.807, 2.05) is 0 Å². The average molecular weight is 343 g/mol. The zero-order valence-corrected chi connectivity index (χ0v) is 15.0. The largest absolute Gasteiger partial charge is 0.451 e. The van der Waals surface area contributed by atoms with Crippen molar-refractivity contribution in [1.29, 1.82) is 5.41 Å². The Morgan fingerprint density at radius 1 is 1.12 bits per heavy atom. The minimum absolute atomic E-state index is 0. The molecule has 25 heavy (non-hydrogen) atoms. The second kappa shape index (κ2) is 5.54. The zero-order valence-electron chi connectivity index (χ0n) is 15.0. The Balaban J connectivity index is 0.00000157. The lowest BCUT2D eigenvalue weighted by molar-refractivity contribution is -0.161. The number of hydrogen-bond donors (Lipinski definition) is 1. The summed E-state index contributed by atoms with van der Waals surface area (Å²) in [4.78, 5) is 11.8. The molecule has 3 fully saturated rings. The molecule has 1 aliphatic heterocycles. The fraction of sp³-hybridized carbons (Fsp3) is 0.714. The summed E-state index contributed by atoms with van der Waals surface area (Å²) in [5.74, 6) is 2.85. The van der Waals surface area contributed by atoms with Crippen molar-refractivity contribution < 1.29 is 15.0 Å².